The van der Waals surface area contributed by atoms with Gasteiger partial charge in [-0.3, -0.25) is 0 Å². The summed E-state index contributed by atoms with van der Waals surface area (Å²) in [6.07, 6.45) is 1.37. The lowest BCUT2D eigenvalue weighted by Gasteiger charge is -2.23. The highest BCUT2D eigenvalue weighted by atomic mass is 32.2. The van der Waals surface area contributed by atoms with Crippen LogP contribution in [0.1, 0.15) is 13.3 Å². The number of nitrogens with one attached hydrogen (secondary N) is 1. The molecule has 0 aromatic carbocycles. The Labute approximate surface area is 86.5 Å². The molecule has 0 aromatic rings. The summed E-state index contributed by atoms with van der Waals surface area (Å²) in [6, 6.07) is 0. The largest absolute Gasteiger partial charge is 0.319 e. The molecule has 13 heavy (non-hydrogen) atoms. The second-order valence-corrected chi connectivity index (χ2v) is 5.15. The molecule has 0 bridgehead atoms. The lowest BCUT2D eigenvalue weighted by Crippen LogP contribution is -2.34. The van der Waals surface area contributed by atoms with Crippen molar-refractivity contribution >= 4 is 11.8 Å². The van der Waals surface area contributed by atoms with Gasteiger partial charge in [0.05, 0.1) is 0 Å². The standard InChI is InChI=1S/C10H22N2S/c1-10(8-11-2)9-12-4-3-6-13-7-5-12/h10-11H,3-9H2,1-2H3. The van der Waals surface area contributed by atoms with Gasteiger partial charge < -0.3 is 10.2 Å². The average molecular weight is 202 g/mol. The summed E-state index contributed by atoms with van der Waals surface area (Å²) in [4.78, 5) is 2.61. The van der Waals surface area contributed by atoms with E-state index in [-0.39, 0.29) is 0 Å². The molecule has 1 N–H and O–H groups in total. The fourth-order valence-electron chi connectivity index (χ4n) is 1.83. The van der Waals surface area contributed by atoms with Crippen LogP contribution in [0.5, 0.6) is 0 Å². The van der Waals surface area contributed by atoms with Crippen molar-refractivity contribution in [3.05, 3.63) is 0 Å². The summed E-state index contributed by atoms with van der Waals surface area (Å²) >= 11 is 2.10. The predicted molar refractivity (Wildman–Crippen MR) is 61.5 cm³/mol. The molecule has 2 nitrogen and oxygen atoms in total. The van der Waals surface area contributed by atoms with Gasteiger partial charge in [-0.25, -0.2) is 0 Å². The lowest BCUT2D eigenvalue weighted by atomic mass is 10.1. The number of hydrogen-bond acceptors (Lipinski definition) is 3. The Morgan fingerprint density at radius 1 is 1.38 bits per heavy atom. The van der Waals surface area contributed by atoms with E-state index >= 15 is 0 Å². The average Bonchev–Trinajstić information content (AvgIpc) is 2.33. The summed E-state index contributed by atoms with van der Waals surface area (Å²) in [7, 11) is 2.04. The molecule has 0 spiro atoms. The second kappa shape index (κ2) is 6.68. The summed E-state index contributed by atoms with van der Waals surface area (Å²) < 4.78 is 0. The van der Waals surface area contributed by atoms with E-state index in [2.05, 4.69) is 28.9 Å². The van der Waals surface area contributed by atoms with E-state index in [1.807, 2.05) is 7.05 Å². The molecule has 1 saturated heterocycles. The third-order valence-electron chi connectivity index (χ3n) is 2.44. The van der Waals surface area contributed by atoms with Gasteiger partial charge in [-0.1, -0.05) is 6.92 Å². The van der Waals surface area contributed by atoms with Gasteiger partial charge in [0.25, 0.3) is 0 Å². The molecule has 1 atom stereocenters. The van der Waals surface area contributed by atoms with Crippen LogP contribution in [0.3, 0.4) is 0 Å². The predicted octanol–water partition coefficient (Wildman–Crippen LogP) is 1.28. The van der Waals surface area contributed by atoms with Crippen LogP contribution in [-0.2, 0) is 0 Å². The van der Waals surface area contributed by atoms with Crippen LogP contribution < -0.4 is 5.32 Å². The Morgan fingerprint density at radius 3 is 3.00 bits per heavy atom. The van der Waals surface area contributed by atoms with Gasteiger partial charge in [-0.05, 0) is 38.2 Å². The zero-order chi connectivity index (χ0) is 9.52. The first-order valence-electron chi connectivity index (χ1n) is 5.27. The monoisotopic (exact) mass is 202 g/mol. The second-order valence-electron chi connectivity index (χ2n) is 3.93. The number of thioether (sulfide) groups is 1. The SMILES string of the molecule is CNCC(C)CN1CCCSCC1. The minimum absolute atomic E-state index is 0.785. The van der Waals surface area contributed by atoms with Crippen LogP contribution in [0, 0.1) is 5.92 Å². The van der Waals surface area contributed by atoms with Gasteiger partial charge in [-0.2, -0.15) is 11.8 Å². The highest BCUT2D eigenvalue weighted by molar-refractivity contribution is 7.99. The summed E-state index contributed by atoms with van der Waals surface area (Å²) in [5.74, 6) is 3.47. The van der Waals surface area contributed by atoms with Crippen molar-refractivity contribution < 1.29 is 0 Å². The molecule has 0 aliphatic carbocycles. The Hall–Kier alpha value is 0.270. The van der Waals surface area contributed by atoms with E-state index in [0.717, 1.165) is 12.5 Å². The van der Waals surface area contributed by atoms with Gasteiger partial charge in [0.1, 0.15) is 0 Å². The van der Waals surface area contributed by atoms with Gasteiger partial charge in [-0.15, -0.1) is 0 Å². The molecule has 0 radical (unpaired) electrons. The fourth-order valence-corrected chi connectivity index (χ4v) is 2.76. The molecule has 1 heterocycles. The summed E-state index contributed by atoms with van der Waals surface area (Å²) in [5, 5.41) is 3.24. The number of rotatable bonds is 4. The Balaban J connectivity index is 2.17. The highest BCUT2D eigenvalue weighted by Gasteiger charge is 2.11. The molecular formula is C10H22N2S. The van der Waals surface area contributed by atoms with Crippen molar-refractivity contribution in [1.29, 1.82) is 0 Å². The minimum atomic E-state index is 0.785. The topological polar surface area (TPSA) is 15.3 Å². The quantitative estimate of drug-likeness (QED) is 0.739. The van der Waals surface area contributed by atoms with Gasteiger partial charge in [0, 0.05) is 18.8 Å². The maximum Gasteiger partial charge on any atom is 0.00725 e. The van der Waals surface area contributed by atoms with Gasteiger partial charge >= 0.3 is 0 Å². The molecule has 1 aliphatic heterocycles. The van der Waals surface area contributed by atoms with Crippen LogP contribution in [0.15, 0.2) is 0 Å². The van der Waals surface area contributed by atoms with E-state index in [1.165, 1.54) is 37.6 Å². The van der Waals surface area contributed by atoms with Crippen molar-refractivity contribution in [3.8, 4) is 0 Å². The molecule has 1 fully saturated rings. The Bertz CT molecular complexity index is 122. The zero-order valence-corrected chi connectivity index (χ0v) is 9.70. The normalized spacial score (nSPS) is 22.6. The lowest BCUT2D eigenvalue weighted by molar-refractivity contribution is 0.253. The molecule has 1 unspecified atom stereocenters. The fraction of sp³-hybridized carbons (Fsp3) is 1.00. The van der Waals surface area contributed by atoms with E-state index < -0.39 is 0 Å². The van der Waals surface area contributed by atoms with Crippen molar-refractivity contribution in [1.82, 2.24) is 10.2 Å². The zero-order valence-electron chi connectivity index (χ0n) is 8.88. The van der Waals surface area contributed by atoms with Crippen molar-refractivity contribution in [2.45, 2.75) is 13.3 Å². The summed E-state index contributed by atoms with van der Waals surface area (Å²) in [6.45, 7) is 7.33. The van der Waals surface area contributed by atoms with Gasteiger partial charge in [0.15, 0.2) is 0 Å². The van der Waals surface area contributed by atoms with Crippen LogP contribution in [-0.4, -0.2) is 49.6 Å². The molecule has 0 aromatic heterocycles. The van der Waals surface area contributed by atoms with E-state index in [0.29, 0.717) is 0 Å². The van der Waals surface area contributed by atoms with Crippen molar-refractivity contribution in [2.75, 3.05) is 44.7 Å². The summed E-state index contributed by atoms with van der Waals surface area (Å²) in [5.41, 5.74) is 0. The first-order chi connectivity index (χ1) is 6.33. The molecule has 0 amide bonds. The van der Waals surface area contributed by atoms with Crippen LogP contribution in [0.25, 0.3) is 0 Å². The van der Waals surface area contributed by atoms with Gasteiger partial charge in [0.2, 0.25) is 0 Å². The Morgan fingerprint density at radius 2 is 2.23 bits per heavy atom. The van der Waals surface area contributed by atoms with Crippen molar-refractivity contribution in [3.63, 3.8) is 0 Å². The molecule has 1 aliphatic rings. The molecule has 3 heteroatoms. The Kier molecular flexibility index (Phi) is 5.83. The first kappa shape index (κ1) is 11.3. The third kappa shape index (κ3) is 4.89. The molecule has 0 saturated carbocycles. The number of hydrogen-bond donors (Lipinski definition) is 1. The van der Waals surface area contributed by atoms with Crippen LogP contribution in [0.4, 0.5) is 0 Å². The maximum absolute atomic E-state index is 3.24. The molecule has 78 valence electrons. The highest BCUT2D eigenvalue weighted by Crippen LogP contribution is 2.11. The van der Waals surface area contributed by atoms with Crippen molar-refractivity contribution in [2.24, 2.45) is 5.92 Å². The maximum atomic E-state index is 3.24. The smallest absolute Gasteiger partial charge is 0.00725 e. The van der Waals surface area contributed by atoms with Crippen LogP contribution in [0.2, 0.25) is 0 Å². The van der Waals surface area contributed by atoms with E-state index in [9.17, 15) is 0 Å². The van der Waals surface area contributed by atoms with E-state index in [1.54, 1.807) is 0 Å². The molecule has 1 rings (SSSR count). The van der Waals surface area contributed by atoms with E-state index in [4.69, 9.17) is 0 Å². The third-order valence-corrected chi connectivity index (χ3v) is 3.49. The minimum Gasteiger partial charge on any atom is -0.319 e. The molecular weight excluding hydrogens is 180 g/mol. The number of nitrogens with zero attached hydrogens (tertiary/aromatic N) is 1. The first-order valence-corrected chi connectivity index (χ1v) is 6.43. The van der Waals surface area contributed by atoms with Crippen LogP contribution >= 0.6 is 11.8 Å².